The van der Waals surface area contributed by atoms with Crippen LogP contribution in [-0.2, 0) is 19.0 Å². The number of hydrogen-bond donors (Lipinski definition) is 0. The zero-order valence-electron chi connectivity index (χ0n) is 13.2. The van der Waals surface area contributed by atoms with Crippen LogP contribution < -0.4 is 0 Å². The number of rotatable bonds is 4. The summed E-state index contributed by atoms with van der Waals surface area (Å²) in [4.78, 5) is 23.5. The van der Waals surface area contributed by atoms with E-state index >= 15 is 0 Å². The molecule has 0 bridgehead atoms. The average molecular weight is 274 g/mol. The molecule has 0 heterocycles. The number of ether oxygens (including phenoxy) is 3. The summed E-state index contributed by atoms with van der Waals surface area (Å²) in [6.45, 7) is 13.6. The van der Waals surface area contributed by atoms with Crippen LogP contribution in [0.4, 0.5) is 4.79 Å². The maximum atomic E-state index is 11.9. The minimum Gasteiger partial charge on any atom is -0.457 e. The van der Waals surface area contributed by atoms with E-state index in [2.05, 4.69) is 0 Å². The Labute approximate surface area is 115 Å². The van der Waals surface area contributed by atoms with Crippen molar-refractivity contribution in [3.8, 4) is 0 Å². The third kappa shape index (κ3) is 7.03. The second kappa shape index (κ2) is 5.80. The van der Waals surface area contributed by atoms with Gasteiger partial charge in [-0.15, -0.1) is 0 Å². The molecule has 0 N–H and O–H groups in total. The Morgan fingerprint density at radius 3 is 1.68 bits per heavy atom. The Bertz CT molecular complexity index is 336. The van der Waals surface area contributed by atoms with E-state index in [1.165, 1.54) is 13.8 Å². The van der Waals surface area contributed by atoms with Crippen LogP contribution in [0.1, 0.15) is 61.8 Å². The smallest absolute Gasteiger partial charge is 0.457 e. The van der Waals surface area contributed by atoms with Crippen LogP contribution in [0.25, 0.3) is 0 Å². The van der Waals surface area contributed by atoms with Crippen LogP contribution in [-0.4, -0.2) is 28.9 Å². The average Bonchev–Trinajstić information content (AvgIpc) is 2.12. The van der Waals surface area contributed by atoms with Crippen molar-refractivity contribution in [2.24, 2.45) is 0 Å². The molecule has 0 fully saturated rings. The van der Waals surface area contributed by atoms with Crippen molar-refractivity contribution in [1.82, 2.24) is 0 Å². The van der Waals surface area contributed by atoms with Crippen LogP contribution in [0, 0.1) is 0 Å². The van der Waals surface area contributed by atoms with Crippen LogP contribution in [0.2, 0.25) is 0 Å². The summed E-state index contributed by atoms with van der Waals surface area (Å²) in [7, 11) is 0. The number of carbonyl (C=O) groups excluding carboxylic acids is 2. The maximum Gasteiger partial charge on any atom is 0.509 e. The number of hydrogen-bond acceptors (Lipinski definition) is 5. The van der Waals surface area contributed by atoms with Gasteiger partial charge in [-0.3, -0.25) is 0 Å². The van der Waals surface area contributed by atoms with Gasteiger partial charge >= 0.3 is 12.1 Å². The van der Waals surface area contributed by atoms with Crippen LogP contribution >= 0.6 is 0 Å². The summed E-state index contributed by atoms with van der Waals surface area (Å²) in [6, 6.07) is 0. The van der Waals surface area contributed by atoms with Gasteiger partial charge in [0.05, 0.1) is 0 Å². The predicted molar refractivity (Wildman–Crippen MR) is 71.9 cm³/mol. The first-order valence-electron chi connectivity index (χ1n) is 6.44. The lowest BCUT2D eigenvalue weighted by molar-refractivity contribution is -0.177. The molecule has 112 valence electrons. The van der Waals surface area contributed by atoms with Crippen LogP contribution in [0.5, 0.6) is 0 Å². The Balaban J connectivity index is 4.60. The fourth-order valence-corrected chi connectivity index (χ4v) is 0.970. The van der Waals surface area contributed by atoms with Crippen molar-refractivity contribution in [2.45, 2.75) is 78.6 Å². The highest BCUT2D eigenvalue weighted by molar-refractivity contribution is 5.81. The SMILES string of the molecule is CCC(C)(C)OC(=O)OC(C)(C)C(=O)OC(C)(C)C. The van der Waals surface area contributed by atoms with E-state index in [0.29, 0.717) is 6.42 Å². The van der Waals surface area contributed by atoms with Gasteiger partial charge < -0.3 is 14.2 Å². The van der Waals surface area contributed by atoms with Crippen molar-refractivity contribution in [3.05, 3.63) is 0 Å². The van der Waals surface area contributed by atoms with Gasteiger partial charge in [-0.2, -0.15) is 0 Å². The van der Waals surface area contributed by atoms with Gasteiger partial charge in [0.1, 0.15) is 11.2 Å². The summed E-state index contributed by atoms with van der Waals surface area (Å²) in [5.74, 6) is -0.605. The van der Waals surface area contributed by atoms with E-state index in [-0.39, 0.29) is 0 Å². The molecule has 0 rings (SSSR count). The molecule has 0 spiro atoms. The van der Waals surface area contributed by atoms with E-state index in [1.54, 1.807) is 34.6 Å². The van der Waals surface area contributed by atoms with E-state index in [4.69, 9.17) is 14.2 Å². The molecule has 0 aromatic carbocycles. The number of esters is 1. The van der Waals surface area contributed by atoms with E-state index in [9.17, 15) is 9.59 Å². The van der Waals surface area contributed by atoms with E-state index in [0.717, 1.165) is 0 Å². The molecule has 0 aliphatic heterocycles. The lowest BCUT2D eigenvalue weighted by atomic mass is 10.1. The normalized spacial score (nSPS) is 12.8. The van der Waals surface area contributed by atoms with Gasteiger partial charge in [-0.05, 0) is 54.9 Å². The highest BCUT2D eigenvalue weighted by Gasteiger charge is 2.38. The first-order chi connectivity index (χ1) is 8.29. The minimum absolute atomic E-state index is 0.605. The fraction of sp³-hybridized carbons (Fsp3) is 0.857. The standard InChI is InChI=1S/C14H26O5/c1-9-13(5,6)18-11(16)19-14(7,8)10(15)17-12(2,3)4/h9H2,1-8H3. The molecule has 0 aliphatic rings. The molecule has 0 saturated carbocycles. The summed E-state index contributed by atoms with van der Waals surface area (Å²) in [5.41, 5.74) is -2.64. The molecule has 5 heteroatoms. The molecule has 0 aliphatic carbocycles. The third-order valence-corrected chi connectivity index (χ3v) is 2.44. The zero-order valence-corrected chi connectivity index (χ0v) is 13.2. The highest BCUT2D eigenvalue weighted by Crippen LogP contribution is 2.21. The molecule has 0 atom stereocenters. The lowest BCUT2D eigenvalue weighted by Gasteiger charge is -2.30. The van der Waals surface area contributed by atoms with Gasteiger partial charge in [0.15, 0.2) is 0 Å². The van der Waals surface area contributed by atoms with Gasteiger partial charge in [0.2, 0.25) is 5.60 Å². The van der Waals surface area contributed by atoms with Gasteiger partial charge in [-0.25, -0.2) is 9.59 Å². The summed E-state index contributed by atoms with van der Waals surface area (Å²) in [6.07, 6.45) is -0.225. The quantitative estimate of drug-likeness (QED) is 0.735. The Morgan fingerprint density at radius 2 is 1.32 bits per heavy atom. The first kappa shape index (κ1) is 17.7. The second-order valence-electron chi connectivity index (χ2n) is 6.58. The Morgan fingerprint density at radius 1 is 0.842 bits per heavy atom. The molecular weight excluding hydrogens is 248 g/mol. The van der Waals surface area contributed by atoms with Crippen LogP contribution in [0.15, 0.2) is 0 Å². The molecule has 5 nitrogen and oxygen atoms in total. The molecule has 0 aromatic heterocycles. The predicted octanol–water partition coefficient (Wildman–Crippen LogP) is 3.45. The molecule has 0 saturated heterocycles. The molecule has 19 heavy (non-hydrogen) atoms. The van der Waals surface area contributed by atoms with Crippen molar-refractivity contribution in [2.75, 3.05) is 0 Å². The van der Waals surface area contributed by atoms with Crippen molar-refractivity contribution >= 4 is 12.1 Å². The summed E-state index contributed by atoms with van der Waals surface area (Å²) in [5, 5.41) is 0. The topological polar surface area (TPSA) is 61.8 Å². The Kier molecular flexibility index (Phi) is 5.42. The molecular formula is C14H26O5. The lowest BCUT2D eigenvalue weighted by Crippen LogP contribution is -2.43. The molecule has 0 aromatic rings. The van der Waals surface area contributed by atoms with E-state index in [1.807, 2.05) is 6.92 Å². The summed E-state index contributed by atoms with van der Waals surface area (Å²) < 4.78 is 15.4. The number of carbonyl (C=O) groups is 2. The maximum absolute atomic E-state index is 11.9. The minimum atomic E-state index is -1.38. The second-order valence-corrected chi connectivity index (χ2v) is 6.58. The van der Waals surface area contributed by atoms with Gasteiger partial charge in [0, 0.05) is 0 Å². The molecule has 0 amide bonds. The van der Waals surface area contributed by atoms with Crippen molar-refractivity contribution in [1.29, 1.82) is 0 Å². The van der Waals surface area contributed by atoms with Gasteiger partial charge in [0.25, 0.3) is 0 Å². The fourth-order valence-electron chi connectivity index (χ4n) is 0.970. The highest BCUT2D eigenvalue weighted by atomic mass is 16.7. The van der Waals surface area contributed by atoms with E-state index < -0.39 is 28.9 Å². The van der Waals surface area contributed by atoms with Crippen molar-refractivity contribution in [3.63, 3.8) is 0 Å². The zero-order chi connectivity index (χ0) is 15.5. The Hall–Kier alpha value is -1.26. The molecule has 0 radical (unpaired) electrons. The van der Waals surface area contributed by atoms with Crippen molar-refractivity contribution < 1.29 is 23.8 Å². The summed E-state index contributed by atoms with van der Waals surface area (Å²) >= 11 is 0. The monoisotopic (exact) mass is 274 g/mol. The van der Waals surface area contributed by atoms with Gasteiger partial charge in [-0.1, -0.05) is 6.92 Å². The van der Waals surface area contributed by atoms with Crippen LogP contribution in [0.3, 0.4) is 0 Å². The first-order valence-corrected chi connectivity index (χ1v) is 6.44. The largest absolute Gasteiger partial charge is 0.509 e. The molecule has 0 unspecified atom stereocenters. The third-order valence-electron chi connectivity index (χ3n) is 2.44.